The maximum absolute atomic E-state index is 13.6. The van der Waals surface area contributed by atoms with Crippen molar-refractivity contribution in [3.8, 4) is 0 Å². The van der Waals surface area contributed by atoms with Gasteiger partial charge in [0.2, 0.25) is 10.0 Å². The molecule has 0 fully saturated rings. The minimum Gasteiger partial charge on any atom is -0.207 e. The highest BCUT2D eigenvalue weighted by Gasteiger charge is 2.31. The molecule has 0 aliphatic heterocycles. The molecule has 0 radical (unpaired) electrons. The Morgan fingerprint density at radius 3 is 2.23 bits per heavy atom. The molecule has 1 unspecified atom stereocenters. The Bertz CT molecular complexity index is 1010. The van der Waals surface area contributed by atoms with E-state index in [0.29, 0.717) is 0 Å². The minimum atomic E-state index is -3.90. The summed E-state index contributed by atoms with van der Waals surface area (Å²) in [4.78, 5) is -0.0759. The van der Waals surface area contributed by atoms with Crippen LogP contribution < -0.4 is 0 Å². The smallest absolute Gasteiger partial charge is 0.207 e. The van der Waals surface area contributed by atoms with Gasteiger partial charge in [-0.25, -0.2) is 12.8 Å². The number of sulfonamides is 1. The fourth-order valence-corrected chi connectivity index (χ4v) is 4.71. The highest BCUT2D eigenvalue weighted by atomic mass is 79.9. The van der Waals surface area contributed by atoms with Crippen LogP contribution in [0.25, 0.3) is 0 Å². The van der Waals surface area contributed by atoms with Gasteiger partial charge in [-0.3, -0.25) is 0 Å². The third-order valence-electron chi connectivity index (χ3n) is 4.15. The second-order valence-corrected chi connectivity index (χ2v) is 8.67. The number of hydrogen-bond donors (Lipinski definition) is 0. The number of nitrogens with zero attached hydrogens (tertiary/aromatic N) is 1. The topological polar surface area (TPSA) is 37.4 Å². The van der Waals surface area contributed by atoms with Crippen LogP contribution in [-0.4, -0.2) is 19.8 Å². The first-order valence-electron chi connectivity index (χ1n) is 7.94. The van der Waals surface area contributed by atoms with Crippen LogP contribution in [-0.2, 0) is 10.0 Å². The van der Waals surface area contributed by atoms with Crippen LogP contribution in [0.15, 0.2) is 88.2 Å². The van der Waals surface area contributed by atoms with Gasteiger partial charge in [0, 0.05) is 11.5 Å². The lowest BCUT2D eigenvalue weighted by atomic mass is 9.99. The highest BCUT2D eigenvalue weighted by Crippen LogP contribution is 2.35. The molecule has 0 aliphatic carbocycles. The standard InChI is InChI=1S/C20H17BrFNO2S/c1-23(26(24,25)17-11-7-10-16(22)14-17)20(15-8-3-2-4-9-15)18-12-5-6-13-19(18)21/h2-14,20H,1H3. The van der Waals surface area contributed by atoms with Crippen LogP contribution in [0.1, 0.15) is 17.2 Å². The average molecular weight is 434 g/mol. The Hall–Kier alpha value is -2.02. The van der Waals surface area contributed by atoms with Gasteiger partial charge in [0.25, 0.3) is 0 Å². The van der Waals surface area contributed by atoms with Crippen molar-refractivity contribution in [2.75, 3.05) is 7.05 Å². The van der Waals surface area contributed by atoms with Gasteiger partial charge in [-0.2, -0.15) is 4.31 Å². The van der Waals surface area contributed by atoms with E-state index in [-0.39, 0.29) is 4.90 Å². The Labute approximate surface area is 161 Å². The Morgan fingerprint density at radius 1 is 0.923 bits per heavy atom. The molecule has 3 aromatic carbocycles. The lowest BCUT2D eigenvalue weighted by molar-refractivity contribution is 0.416. The summed E-state index contributed by atoms with van der Waals surface area (Å²) >= 11 is 3.52. The lowest BCUT2D eigenvalue weighted by Crippen LogP contribution is -2.32. The van der Waals surface area contributed by atoms with Crippen molar-refractivity contribution in [1.29, 1.82) is 0 Å². The molecule has 6 heteroatoms. The second-order valence-electron chi connectivity index (χ2n) is 5.81. The third-order valence-corrected chi connectivity index (χ3v) is 6.69. The lowest BCUT2D eigenvalue weighted by Gasteiger charge is -2.29. The Kier molecular flexibility index (Phi) is 5.55. The van der Waals surface area contributed by atoms with E-state index >= 15 is 0 Å². The van der Waals surface area contributed by atoms with Crippen molar-refractivity contribution < 1.29 is 12.8 Å². The number of benzene rings is 3. The van der Waals surface area contributed by atoms with Gasteiger partial charge in [0.1, 0.15) is 5.82 Å². The summed E-state index contributed by atoms with van der Waals surface area (Å²) in [6.45, 7) is 0. The van der Waals surface area contributed by atoms with Gasteiger partial charge in [-0.1, -0.05) is 70.5 Å². The van der Waals surface area contributed by atoms with Crippen molar-refractivity contribution in [2.24, 2.45) is 0 Å². The number of hydrogen-bond acceptors (Lipinski definition) is 2. The van der Waals surface area contributed by atoms with Crippen LogP contribution in [0.2, 0.25) is 0 Å². The average Bonchev–Trinajstić information content (AvgIpc) is 2.64. The fraction of sp³-hybridized carbons (Fsp3) is 0.100. The molecular formula is C20H17BrFNO2S. The molecule has 3 nitrogen and oxygen atoms in total. The van der Waals surface area contributed by atoms with Gasteiger partial charge in [-0.05, 0) is 35.4 Å². The summed E-state index contributed by atoms with van der Waals surface area (Å²) in [5.41, 5.74) is 1.63. The summed E-state index contributed by atoms with van der Waals surface area (Å²) in [6.07, 6.45) is 0. The molecule has 0 aliphatic rings. The summed E-state index contributed by atoms with van der Waals surface area (Å²) in [6, 6.07) is 21.3. The largest absolute Gasteiger partial charge is 0.243 e. The molecule has 3 aromatic rings. The summed E-state index contributed by atoms with van der Waals surface area (Å²) < 4.78 is 41.9. The molecular weight excluding hydrogens is 417 g/mol. The molecule has 0 heterocycles. The molecule has 0 amide bonds. The summed E-state index contributed by atoms with van der Waals surface area (Å²) in [5, 5.41) is 0. The molecule has 0 spiro atoms. The molecule has 26 heavy (non-hydrogen) atoms. The van der Waals surface area contributed by atoms with Crippen LogP contribution in [0, 0.1) is 5.82 Å². The molecule has 134 valence electrons. The quantitative estimate of drug-likeness (QED) is 0.567. The first kappa shape index (κ1) is 18.8. The van der Waals surface area contributed by atoms with E-state index in [1.165, 1.54) is 29.6 Å². The van der Waals surface area contributed by atoms with Crippen molar-refractivity contribution in [3.05, 3.63) is 100 Å². The monoisotopic (exact) mass is 433 g/mol. The predicted octanol–water partition coefficient (Wildman–Crippen LogP) is 5.00. The van der Waals surface area contributed by atoms with Gasteiger partial charge in [0.15, 0.2) is 0 Å². The fourth-order valence-electron chi connectivity index (χ4n) is 2.85. The molecule has 1 atom stereocenters. The van der Waals surface area contributed by atoms with E-state index in [9.17, 15) is 12.8 Å². The van der Waals surface area contributed by atoms with E-state index in [0.717, 1.165) is 21.7 Å². The number of halogens is 2. The highest BCUT2D eigenvalue weighted by molar-refractivity contribution is 9.10. The number of rotatable bonds is 5. The molecule has 0 N–H and O–H groups in total. The van der Waals surface area contributed by atoms with Gasteiger partial charge in [0.05, 0.1) is 10.9 Å². The first-order valence-corrected chi connectivity index (χ1v) is 10.2. The zero-order chi connectivity index (χ0) is 18.7. The summed E-state index contributed by atoms with van der Waals surface area (Å²) in [5.74, 6) is -0.586. The predicted molar refractivity (Wildman–Crippen MR) is 104 cm³/mol. The molecule has 0 saturated heterocycles. The van der Waals surface area contributed by atoms with E-state index < -0.39 is 21.9 Å². The van der Waals surface area contributed by atoms with Crippen LogP contribution >= 0.6 is 15.9 Å². The maximum atomic E-state index is 13.6. The summed E-state index contributed by atoms with van der Waals surface area (Å²) in [7, 11) is -2.39. The Balaban J connectivity index is 2.15. The SMILES string of the molecule is CN(C(c1ccccc1)c1ccccc1Br)S(=O)(=O)c1cccc(F)c1. The minimum absolute atomic E-state index is 0.0759. The van der Waals surface area contributed by atoms with E-state index in [2.05, 4.69) is 15.9 Å². The van der Waals surface area contributed by atoms with Crippen LogP contribution in [0.5, 0.6) is 0 Å². The van der Waals surface area contributed by atoms with E-state index in [1.807, 2.05) is 54.6 Å². The first-order chi connectivity index (χ1) is 12.4. The molecule has 3 rings (SSSR count). The van der Waals surface area contributed by atoms with Crippen LogP contribution in [0.3, 0.4) is 0 Å². The van der Waals surface area contributed by atoms with Gasteiger partial charge in [-0.15, -0.1) is 0 Å². The zero-order valence-corrected chi connectivity index (χ0v) is 16.4. The second kappa shape index (κ2) is 7.70. The van der Waals surface area contributed by atoms with Gasteiger partial charge >= 0.3 is 0 Å². The van der Waals surface area contributed by atoms with Crippen molar-refractivity contribution in [2.45, 2.75) is 10.9 Å². The Morgan fingerprint density at radius 2 is 1.58 bits per heavy atom. The van der Waals surface area contributed by atoms with Crippen molar-refractivity contribution in [3.63, 3.8) is 0 Å². The normalized spacial score (nSPS) is 12.9. The van der Waals surface area contributed by atoms with Crippen LogP contribution in [0.4, 0.5) is 4.39 Å². The maximum Gasteiger partial charge on any atom is 0.243 e. The van der Waals surface area contributed by atoms with E-state index in [1.54, 1.807) is 0 Å². The third kappa shape index (κ3) is 3.72. The molecule has 0 aromatic heterocycles. The molecule has 0 saturated carbocycles. The van der Waals surface area contributed by atoms with E-state index in [4.69, 9.17) is 0 Å². The van der Waals surface area contributed by atoms with Crippen molar-refractivity contribution in [1.82, 2.24) is 4.31 Å². The van der Waals surface area contributed by atoms with Crippen molar-refractivity contribution >= 4 is 26.0 Å². The zero-order valence-electron chi connectivity index (χ0n) is 14.0. The van der Waals surface area contributed by atoms with Gasteiger partial charge < -0.3 is 0 Å². The molecule has 0 bridgehead atoms.